The van der Waals surface area contributed by atoms with E-state index >= 15 is 0 Å². The fourth-order valence-corrected chi connectivity index (χ4v) is 2.07. The van der Waals surface area contributed by atoms with Gasteiger partial charge in [0.1, 0.15) is 13.1 Å². The average molecular weight is 258 g/mol. The number of para-hydroxylation sites is 2. The minimum atomic E-state index is -0.345. The van der Waals surface area contributed by atoms with Crippen LogP contribution < -0.4 is 11.0 Å². The van der Waals surface area contributed by atoms with Gasteiger partial charge in [0, 0.05) is 6.54 Å². The Kier molecular flexibility index (Phi) is 3.66. The van der Waals surface area contributed by atoms with Gasteiger partial charge >= 0.3 is 5.69 Å². The summed E-state index contributed by atoms with van der Waals surface area (Å²) in [4.78, 5) is 23.8. The molecule has 1 aromatic carbocycles. The molecular formula is C13H14N4O2. The zero-order valence-electron chi connectivity index (χ0n) is 10.6. The van der Waals surface area contributed by atoms with E-state index in [2.05, 4.69) is 5.32 Å². The van der Waals surface area contributed by atoms with E-state index in [0.29, 0.717) is 6.54 Å². The molecule has 0 aliphatic heterocycles. The number of imidazole rings is 1. The number of nitrogens with zero attached hydrogens (tertiary/aromatic N) is 3. The predicted octanol–water partition coefficient (Wildman–Crippen LogP) is 0.463. The number of hydrogen-bond acceptors (Lipinski definition) is 3. The molecule has 98 valence electrons. The molecule has 1 N–H and O–H groups in total. The van der Waals surface area contributed by atoms with Gasteiger partial charge in [-0.3, -0.25) is 13.9 Å². The molecular weight excluding hydrogens is 244 g/mol. The molecule has 1 amide bonds. The predicted molar refractivity (Wildman–Crippen MR) is 70.5 cm³/mol. The van der Waals surface area contributed by atoms with Gasteiger partial charge in [0.05, 0.1) is 17.1 Å². The first-order valence-electron chi connectivity index (χ1n) is 6.00. The zero-order chi connectivity index (χ0) is 13.8. The third-order valence-corrected chi connectivity index (χ3v) is 2.91. The number of nitriles is 1. The van der Waals surface area contributed by atoms with Gasteiger partial charge in [-0.05, 0) is 19.1 Å². The van der Waals surface area contributed by atoms with Gasteiger partial charge in [-0.25, -0.2) is 4.79 Å². The summed E-state index contributed by atoms with van der Waals surface area (Å²) in [5, 5.41) is 10.8. The number of nitrogens with one attached hydrogen (secondary N) is 1. The molecule has 6 heteroatoms. The highest BCUT2D eigenvalue weighted by Gasteiger charge is 2.13. The smallest absolute Gasteiger partial charge is 0.329 e. The Morgan fingerprint density at radius 1 is 1.32 bits per heavy atom. The molecule has 0 aliphatic carbocycles. The Morgan fingerprint density at radius 3 is 2.53 bits per heavy atom. The monoisotopic (exact) mass is 258 g/mol. The van der Waals surface area contributed by atoms with Crippen molar-refractivity contribution in [2.45, 2.75) is 20.0 Å². The summed E-state index contributed by atoms with van der Waals surface area (Å²) >= 11 is 0. The van der Waals surface area contributed by atoms with Crippen LogP contribution >= 0.6 is 0 Å². The molecule has 0 fully saturated rings. The number of amides is 1. The Bertz CT molecular complexity index is 705. The van der Waals surface area contributed by atoms with Crippen LogP contribution in [-0.2, 0) is 17.9 Å². The lowest BCUT2D eigenvalue weighted by Gasteiger charge is -2.02. The van der Waals surface area contributed by atoms with Crippen LogP contribution in [0.1, 0.15) is 6.92 Å². The van der Waals surface area contributed by atoms with Gasteiger partial charge in [0.2, 0.25) is 5.91 Å². The van der Waals surface area contributed by atoms with E-state index < -0.39 is 0 Å². The molecule has 0 unspecified atom stereocenters. The maximum atomic E-state index is 12.2. The van der Waals surface area contributed by atoms with Crippen molar-refractivity contribution in [1.82, 2.24) is 14.5 Å². The number of benzene rings is 1. The molecule has 0 aliphatic rings. The second-order valence-corrected chi connectivity index (χ2v) is 4.04. The van der Waals surface area contributed by atoms with E-state index in [1.807, 2.05) is 31.2 Å². The summed E-state index contributed by atoms with van der Waals surface area (Å²) in [5.41, 5.74) is 1.32. The van der Waals surface area contributed by atoms with Gasteiger partial charge in [0.25, 0.3) is 0 Å². The number of carbonyl (C=O) groups is 1. The third-order valence-electron chi connectivity index (χ3n) is 2.91. The summed E-state index contributed by atoms with van der Waals surface area (Å²) in [6.45, 7) is 2.30. The van der Waals surface area contributed by atoms with Crippen LogP contribution in [0, 0.1) is 11.3 Å². The number of fused-ring (bicyclic) bond motifs is 1. The molecule has 0 radical (unpaired) electrons. The Balaban J connectivity index is 2.44. The van der Waals surface area contributed by atoms with Crippen molar-refractivity contribution >= 4 is 16.9 Å². The van der Waals surface area contributed by atoms with Crippen LogP contribution in [0.2, 0.25) is 0 Å². The molecule has 2 rings (SSSR count). The number of hydrogen-bond donors (Lipinski definition) is 1. The number of rotatable bonds is 4. The maximum Gasteiger partial charge on any atom is 0.329 e. The molecule has 1 heterocycles. The molecule has 6 nitrogen and oxygen atoms in total. The topological polar surface area (TPSA) is 79.8 Å². The fourth-order valence-electron chi connectivity index (χ4n) is 2.07. The normalized spacial score (nSPS) is 10.3. The quantitative estimate of drug-likeness (QED) is 0.809. The minimum absolute atomic E-state index is 0.0556. The number of aryl methyl sites for hydroxylation is 1. The molecule has 19 heavy (non-hydrogen) atoms. The van der Waals surface area contributed by atoms with Gasteiger partial charge < -0.3 is 5.32 Å². The van der Waals surface area contributed by atoms with Crippen molar-refractivity contribution in [3.63, 3.8) is 0 Å². The van der Waals surface area contributed by atoms with E-state index in [1.54, 1.807) is 10.6 Å². The Labute approximate surface area is 109 Å². The van der Waals surface area contributed by atoms with Crippen LogP contribution in [0.25, 0.3) is 11.0 Å². The lowest BCUT2D eigenvalue weighted by atomic mass is 10.3. The van der Waals surface area contributed by atoms with Crippen molar-refractivity contribution in [1.29, 1.82) is 5.26 Å². The van der Waals surface area contributed by atoms with Crippen LogP contribution in [0.5, 0.6) is 0 Å². The molecule has 0 bridgehead atoms. The highest BCUT2D eigenvalue weighted by atomic mass is 16.2. The Morgan fingerprint density at radius 2 is 1.95 bits per heavy atom. The van der Waals surface area contributed by atoms with E-state index in [9.17, 15) is 9.59 Å². The first-order valence-corrected chi connectivity index (χ1v) is 6.00. The van der Waals surface area contributed by atoms with Crippen molar-refractivity contribution in [2.24, 2.45) is 0 Å². The summed E-state index contributed by atoms with van der Waals surface area (Å²) in [7, 11) is 0. The van der Waals surface area contributed by atoms with Crippen molar-refractivity contribution in [3.05, 3.63) is 34.7 Å². The molecule has 1 aromatic heterocycles. The fraction of sp³-hybridized carbons (Fsp3) is 0.308. The number of carbonyl (C=O) groups excluding carboxylic acids is 1. The van der Waals surface area contributed by atoms with Crippen LogP contribution in [-0.4, -0.2) is 21.6 Å². The molecule has 0 saturated heterocycles. The lowest BCUT2D eigenvalue weighted by molar-refractivity contribution is -0.121. The SMILES string of the molecule is CCn1c(=O)n(CC(=O)NCC#N)c2ccccc21. The molecule has 0 spiro atoms. The largest absolute Gasteiger partial charge is 0.341 e. The first kappa shape index (κ1) is 12.9. The van der Waals surface area contributed by atoms with Crippen LogP contribution in [0.4, 0.5) is 0 Å². The third kappa shape index (κ3) is 2.36. The van der Waals surface area contributed by atoms with E-state index in [0.717, 1.165) is 11.0 Å². The molecule has 0 saturated carbocycles. The van der Waals surface area contributed by atoms with E-state index in [4.69, 9.17) is 5.26 Å². The maximum absolute atomic E-state index is 12.2. The number of aromatic nitrogens is 2. The van der Waals surface area contributed by atoms with Gasteiger partial charge in [-0.2, -0.15) is 5.26 Å². The Hall–Kier alpha value is -2.55. The minimum Gasteiger partial charge on any atom is -0.341 e. The van der Waals surface area contributed by atoms with E-state index in [1.165, 1.54) is 4.57 Å². The summed E-state index contributed by atoms with van der Waals surface area (Å²) in [6, 6.07) is 9.17. The highest BCUT2D eigenvalue weighted by Crippen LogP contribution is 2.12. The van der Waals surface area contributed by atoms with Gasteiger partial charge in [0.15, 0.2) is 0 Å². The van der Waals surface area contributed by atoms with Crippen molar-refractivity contribution in [3.8, 4) is 6.07 Å². The summed E-state index contributed by atoms with van der Waals surface area (Å²) in [6.07, 6.45) is 0. The zero-order valence-corrected chi connectivity index (χ0v) is 10.6. The van der Waals surface area contributed by atoms with Gasteiger partial charge in [-0.1, -0.05) is 12.1 Å². The average Bonchev–Trinajstić information content (AvgIpc) is 2.69. The van der Waals surface area contributed by atoms with E-state index in [-0.39, 0.29) is 24.7 Å². The summed E-state index contributed by atoms with van der Waals surface area (Å²) in [5.74, 6) is -0.345. The molecule has 0 atom stereocenters. The summed E-state index contributed by atoms with van der Waals surface area (Å²) < 4.78 is 3.04. The molecule has 2 aromatic rings. The lowest BCUT2D eigenvalue weighted by Crippen LogP contribution is -2.33. The highest BCUT2D eigenvalue weighted by molar-refractivity contribution is 5.81. The standard InChI is InChI=1S/C13H14N4O2/c1-2-16-10-5-3-4-6-11(10)17(13(16)19)9-12(18)15-8-7-14/h3-6H,2,8-9H2,1H3,(H,15,18). The second-order valence-electron chi connectivity index (χ2n) is 4.04. The van der Waals surface area contributed by atoms with Crippen LogP contribution in [0.3, 0.4) is 0 Å². The van der Waals surface area contributed by atoms with Crippen molar-refractivity contribution < 1.29 is 4.79 Å². The first-order chi connectivity index (χ1) is 9.19. The van der Waals surface area contributed by atoms with Crippen LogP contribution in [0.15, 0.2) is 29.1 Å². The van der Waals surface area contributed by atoms with Gasteiger partial charge in [-0.15, -0.1) is 0 Å². The second kappa shape index (κ2) is 5.40. The van der Waals surface area contributed by atoms with Crippen molar-refractivity contribution in [2.75, 3.05) is 6.54 Å².